The van der Waals surface area contributed by atoms with E-state index in [0.717, 1.165) is 38.2 Å². The van der Waals surface area contributed by atoms with Gasteiger partial charge in [-0.2, -0.15) is 0 Å². The van der Waals surface area contributed by atoms with Crippen LogP contribution in [0.5, 0.6) is 0 Å². The van der Waals surface area contributed by atoms with Crippen molar-refractivity contribution in [2.45, 2.75) is 58.2 Å². The van der Waals surface area contributed by atoms with E-state index >= 15 is 0 Å². The SMILES string of the molecule is COC(=O)C1CCCN1C1CC2=C(C)C(C)N=C(C)N2C1. The van der Waals surface area contributed by atoms with E-state index in [2.05, 4.69) is 30.6 Å². The molecule has 3 aliphatic rings. The third-order valence-corrected chi connectivity index (χ3v) is 5.24. The third kappa shape index (κ3) is 2.37. The van der Waals surface area contributed by atoms with Gasteiger partial charge in [-0.1, -0.05) is 0 Å². The van der Waals surface area contributed by atoms with Gasteiger partial charge < -0.3 is 9.64 Å². The third-order valence-electron chi connectivity index (χ3n) is 5.24. The summed E-state index contributed by atoms with van der Waals surface area (Å²) in [5.41, 5.74) is 2.78. The maximum Gasteiger partial charge on any atom is 0.323 e. The van der Waals surface area contributed by atoms with Crippen molar-refractivity contribution in [3.8, 4) is 0 Å². The molecule has 2 fully saturated rings. The molecule has 0 amide bonds. The Kier molecular flexibility index (Phi) is 3.78. The first kappa shape index (κ1) is 14.6. The minimum Gasteiger partial charge on any atom is -0.468 e. The molecule has 21 heavy (non-hydrogen) atoms. The van der Waals surface area contributed by atoms with Crippen LogP contribution < -0.4 is 0 Å². The van der Waals surface area contributed by atoms with E-state index < -0.39 is 0 Å². The van der Waals surface area contributed by atoms with E-state index in [9.17, 15) is 4.79 Å². The molecule has 5 heteroatoms. The number of hydrogen-bond acceptors (Lipinski definition) is 5. The largest absolute Gasteiger partial charge is 0.468 e. The highest BCUT2D eigenvalue weighted by molar-refractivity contribution is 5.84. The number of carbonyl (C=O) groups excluding carboxylic acids is 1. The number of amidine groups is 1. The van der Waals surface area contributed by atoms with Crippen molar-refractivity contribution in [1.29, 1.82) is 0 Å². The lowest BCUT2D eigenvalue weighted by Gasteiger charge is -2.30. The van der Waals surface area contributed by atoms with Crippen molar-refractivity contribution in [3.63, 3.8) is 0 Å². The van der Waals surface area contributed by atoms with Crippen LogP contribution in [0.4, 0.5) is 0 Å². The number of ether oxygens (including phenoxy) is 1. The average Bonchev–Trinajstić information content (AvgIpc) is 3.10. The average molecular weight is 291 g/mol. The number of aliphatic imine (C=N–C) groups is 1. The first-order valence-corrected chi connectivity index (χ1v) is 7.88. The number of nitrogens with zero attached hydrogens (tertiary/aromatic N) is 3. The molecule has 0 bridgehead atoms. The molecule has 3 aliphatic heterocycles. The normalized spacial score (nSPS) is 33.2. The molecular formula is C16H25N3O2. The first-order chi connectivity index (χ1) is 10.0. The molecule has 3 atom stereocenters. The van der Waals surface area contributed by atoms with Gasteiger partial charge in [-0.15, -0.1) is 0 Å². The van der Waals surface area contributed by atoms with Crippen molar-refractivity contribution in [1.82, 2.24) is 9.80 Å². The summed E-state index contributed by atoms with van der Waals surface area (Å²) in [6.45, 7) is 8.38. The van der Waals surface area contributed by atoms with Crippen LogP contribution in [0.15, 0.2) is 16.3 Å². The van der Waals surface area contributed by atoms with Crippen LogP contribution in [-0.2, 0) is 9.53 Å². The second-order valence-electron chi connectivity index (χ2n) is 6.37. The highest BCUT2D eigenvalue weighted by Gasteiger charge is 2.42. The van der Waals surface area contributed by atoms with Crippen LogP contribution >= 0.6 is 0 Å². The van der Waals surface area contributed by atoms with E-state index in [1.54, 1.807) is 0 Å². The minimum atomic E-state index is -0.0816. The highest BCUT2D eigenvalue weighted by atomic mass is 16.5. The Morgan fingerprint density at radius 2 is 2.14 bits per heavy atom. The highest BCUT2D eigenvalue weighted by Crippen LogP contribution is 2.35. The van der Waals surface area contributed by atoms with Gasteiger partial charge in [0.05, 0.1) is 13.2 Å². The fourth-order valence-corrected chi connectivity index (χ4v) is 3.95. The van der Waals surface area contributed by atoms with Gasteiger partial charge in [-0.25, -0.2) is 0 Å². The molecule has 2 saturated heterocycles. The van der Waals surface area contributed by atoms with Gasteiger partial charge in [0.1, 0.15) is 11.9 Å². The molecule has 5 nitrogen and oxygen atoms in total. The molecular weight excluding hydrogens is 266 g/mol. The van der Waals surface area contributed by atoms with E-state index in [4.69, 9.17) is 9.73 Å². The van der Waals surface area contributed by atoms with Crippen LogP contribution in [0.25, 0.3) is 0 Å². The van der Waals surface area contributed by atoms with E-state index in [-0.39, 0.29) is 18.1 Å². The van der Waals surface area contributed by atoms with Crippen molar-refractivity contribution < 1.29 is 9.53 Å². The Morgan fingerprint density at radius 1 is 1.38 bits per heavy atom. The topological polar surface area (TPSA) is 45.1 Å². The number of hydrogen-bond donors (Lipinski definition) is 0. The maximum atomic E-state index is 12.0. The van der Waals surface area contributed by atoms with Gasteiger partial charge in [-0.05, 0) is 45.7 Å². The molecule has 0 spiro atoms. The quantitative estimate of drug-likeness (QED) is 0.728. The summed E-state index contributed by atoms with van der Waals surface area (Å²) in [7, 11) is 1.49. The molecule has 0 radical (unpaired) electrons. The van der Waals surface area contributed by atoms with Gasteiger partial charge in [0.15, 0.2) is 0 Å². The summed E-state index contributed by atoms with van der Waals surface area (Å²) in [5, 5.41) is 0. The Hall–Kier alpha value is -1.36. The minimum absolute atomic E-state index is 0.0584. The van der Waals surface area contributed by atoms with Crippen LogP contribution in [0, 0.1) is 0 Å². The summed E-state index contributed by atoms with van der Waals surface area (Å²) in [5.74, 6) is 1.03. The fourth-order valence-electron chi connectivity index (χ4n) is 3.95. The van der Waals surface area contributed by atoms with Crippen molar-refractivity contribution in [3.05, 3.63) is 11.3 Å². The Labute approximate surface area is 126 Å². The maximum absolute atomic E-state index is 12.0. The van der Waals surface area contributed by atoms with Gasteiger partial charge in [0, 0.05) is 24.7 Å². The summed E-state index contributed by atoms with van der Waals surface area (Å²) < 4.78 is 4.97. The number of methoxy groups -OCH3 is 1. The number of rotatable bonds is 2. The van der Waals surface area contributed by atoms with E-state index in [0.29, 0.717) is 6.04 Å². The predicted molar refractivity (Wildman–Crippen MR) is 82.1 cm³/mol. The Morgan fingerprint density at radius 3 is 2.86 bits per heavy atom. The van der Waals surface area contributed by atoms with Gasteiger partial charge in [-0.3, -0.25) is 14.7 Å². The zero-order valence-corrected chi connectivity index (χ0v) is 13.4. The molecule has 0 aromatic carbocycles. The predicted octanol–water partition coefficient (Wildman–Crippen LogP) is 1.79. The molecule has 0 N–H and O–H groups in total. The van der Waals surface area contributed by atoms with Gasteiger partial charge in [0.25, 0.3) is 0 Å². The van der Waals surface area contributed by atoms with Gasteiger partial charge >= 0.3 is 5.97 Å². The molecule has 0 saturated carbocycles. The van der Waals surface area contributed by atoms with E-state index in [1.165, 1.54) is 18.4 Å². The van der Waals surface area contributed by atoms with Crippen molar-refractivity contribution >= 4 is 11.8 Å². The monoisotopic (exact) mass is 291 g/mol. The van der Waals surface area contributed by atoms with Crippen LogP contribution in [-0.4, -0.2) is 59.9 Å². The zero-order chi connectivity index (χ0) is 15.1. The summed E-state index contributed by atoms with van der Waals surface area (Å²) in [6.07, 6.45) is 3.03. The Balaban J connectivity index is 1.81. The number of esters is 1. The van der Waals surface area contributed by atoms with Gasteiger partial charge in [0.2, 0.25) is 0 Å². The lowest BCUT2D eigenvalue weighted by atomic mass is 10.0. The second kappa shape index (κ2) is 5.44. The Bertz CT molecular complexity index is 512. The standard InChI is InChI=1S/C16H25N3O2/c1-10-11(2)17-12(3)19-9-13(8-15(10)19)18-7-5-6-14(18)16(20)21-4/h11,13-14H,5-9H2,1-4H3. The summed E-state index contributed by atoms with van der Waals surface area (Å²) >= 11 is 0. The molecule has 3 unspecified atom stereocenters. The van der Waals surface area contributed by atoms with Crippen LogP contribution in [0.3, 0.4) is 0 Å². The molecule has 3 heterocycles. The molecule has 3 rings (SSSR count). The lowest BCUT2D eigenvalue weighted by Crippen LogP contribution is -2.45. The zero-order valence-electron chi connectivity index (χ0n) is 13.4. The summed E-state index contributed by atoms with van der Waals surface area (Å²) in [4.78, 5) is 21.4. The van der Waals surface area contributed by atoms with Crippen LogP contribution in [0.1, 0.15) is 40.0 Å². The lowest BCUT2D eigenvalue weighted by molar-refractivity contribution is -0.146. The van der Waals surface area contributed by atoms with Crippen molar-refractivity contribution in [2.24, 2.45) is 4.99 Å². The molecule has 116 valence electrons. The number of likely N-dealkylation sites (tertiary alicyclic amines) is 1. The first-order valence-electron chi connectivity index (χ1n) is 7.88. The number of carbonyl (C=O) groups is 1. The second-order valence-corrected chi connectivity index (χ2v) is 6.37. The van der Waals surface area contributed by atoms with E-state index in [1.807, 2.05) is 0 Å². The number of fused-ring (bicyclic) bond motifs is 1. The molecule has 0 aromatic heterocycles. The molecule has 0 aromatic rings. The van der Waals surface area contributed by atoms with Crippen molar-refractivity contribution in [2.75, 3.05) is 20.2 Å². The summed E-state index contributed by atoms with van der Waals surface area (Å²) in [6, 6.07) is 0.624. The fraction of sp³-hybridized carbons (Fsp3) is 0.750. The molecule has 0 aliphatic carbocycles. The smallest absolute Gasteiger partial charge is 0.323 e. The van der Waals surface area contributed by atoms with Crippen LogP contribution in [0.2, 0.25) is 0 Å².